The van der Waals surface area contributed by atoms with E-state index in [-0.39, 0.29) is 17.9 Å². The predicted octanol–water partition coefficient (Wildman–Crippen LogP) is -1.18. The van der Waals surface area contributed by atoms with Crippen molar-refractivity contribution in [2.75, 3.05) is 11.5 Å². The van der Waals surface area contributed by atoms with Crippen LogP contribution in [0.4, 0.5) is 0 Å². The Bertz CT molecular complexity index is 1030. The maximum atomic E-state index is 12.8. The van der Waals surface area contributed by atoms with E-state index in [0.717, 1.165) is 10.9 Å². The second kappa shape index (κ2) is 12.6. The molecule has 8 N–H and O–H groups in total. The first-order chi connectivity index (χ1) is 16.1. The number of benzene rings is 1. The topological polar surface area (TPSA) is 187 Å². The van der Waals surface area contributed by atoms with Crippen molar-refractivity contribution in [3.05, 3.63) is 36.0 Å². The van der Waals surface area contributed by atoms with Crippen LogP contribution in [0.1, 0.15) is 12.5 Å². The summed E-state index contributed by atoms with van der Waals surface area (Å²) in [5.74, 6) is -3.66. The molecule has 0 aliphatic heterocycles. The van der Waals surface area contributed by atoms with Crippen LogP contribution in [0.2, 0.25) is 0 Å². The number of thiol groups is 2. The van der Waals surface area contributed by atoms with Gasteiger partial charge in [0.05, 0.1) is 12.1 Å². The number of aromatic amines is 1. The molecule has 1 heterocycles. The van der Waals surface area contributed by atoms with Crippen molar-refractivity contribution in [3.63, 3.8) is 0 Å². The molecule has 0 bridgehead atoms. The molecule has 2 rings (SSSR count). The lowest BCUT2D eigenvalue weighted by molar-refractivity contribution is -0.143. The molecule has 186 valence electrons. The Hall–Kier alpha value is -2.74. The Morgan fingerprint density at radius 1 is 1.00 bits per heavy atom. The van der Waals surface area contributed by atoms with Crippen molar-refractivity contribution in [2.45, 2.75) is 43.6 Å². The van der Waals surface area contributed by atoms with Crippen molar-refractivity contribution in [2.24, 2.45) is 5.73 Å². The molecule has 0 saturated carbocycles. The second-order valence-corrected chi connectivity index (χ2v) is 8.45. The Morgan fingerprint density at radius 2 is 1.65 bits per heavy atom. The first-order valence-corrected chi connectivity index (χ1v) is 11.7. The molecule has 1 aromatic heterocycles. The summed E-state index contributed by atoms with van der Waals surface area (Å²) in [6.07, 6.45) is 0.279. The van der Waals surface area contributed by atoms with Gasteiger partial charge >= 0.3 is 5.97 Å². The molecule has 13 heteroatoms. The molecule has 0 saturated heterocycles. The lowest BCUT2D eigenvalue weighted by Gasteiger charge is -2.26. The van der Waals surface area contributed by atoms with E-state index in [1.807, 2.05) is 24.3 Å². The van der Waals surface area contributed by atoms with Gasteiger partial charge in [0.2, 0.25) is 17.7 Å². The number of aliphatic carboxylic acids is 1. The van der Waals surface area contributed by atoms with Crippen LogP contribution in [0.3, 0.4) is 0 Å². The zero-order chi connectivity index (χ0) is 25.4. The quantitative estimate of drug-likeness (QED) is 0.160. The summed E-state index contributed by atoms with van der Waals surface area (Å²) in [5, 5.41) is 27.6. The number of nitrogens with one attached hydrogen (secondary N) is 4. The monoisotopic (exact) mass is 511 g/mol. The number of aliphatic hydroxyl groups is 1. The fourth-order valence-corrected chi connectivity index (χ4v) is 3.62. The number of fused-ring (bicyclic) bond motifs is 1. The number of H-pyrrole nitrogens is 1. The molecule has 34 heavy (non-hydrogen) atoms. The summed E-state index contributed by atoms with van der Waals surface area (Å²) >= 11 is 7.96. The highest BCUT2D eigenvalue weighted by atomic mass is 32.1. The Kier molecular flexibility index (Phi) is 10.2. The SMILES string of the molecule is CC(O)C(NC(=O)C(CS)NC(=O)C(N)CS)C(=O)NC(Cc1c[nH]c2ccccc12)C(=O)O. The van der Waals surface area contributed by atoms with Crippen LogP contribution >= 0.6 is 25.3 Å². The third-order valence-corrected chi connectivity index (χ3v) is 5.88. The normalized spacial score (nSPS) is 15.6. The molecule has 2 aromatic rings. The van der Waals surface area contributed by atoms with Crippen LogP contribution in [0, 0.1) is 0 Å². The maximum Gasteiger partial charge on any atom is 0.326 e. The molecule has 3 amide bonds. The highest BCUT2D eigenvalue weighted by Gasteiger charge is 2.32. The molecule has 0 aliphatic rings. The van der Waals surface area contributed by atoms with Gasteiger partial charge in [-0.3, -0.25) is 14.4 Å². The van der Waals surface area contributed by atoms with Gasteiger partial charge in [-0.2, -0.15) is 25.3 Å². The molecule has 1 aromatic carbocycles. The molecule has 0 fully saturated rings. The number of nitrogens with two attached hydrogens (primary N) is 1. The predicted molar refractivity (Wildman–Crippen MR) is 133 cm³/mol. The van der Waals surface area contributed by atoms with Gasteiger partial charge in [0, 0.05) is 35.0 Å². The second-order valence-electron chi connectivity index (χ2n) is 7.72. The minimum atomic E-state index is -1.48. The van der Waals surface area contributed by atoms with Gasteiger partial charge in [-0.05, 0) is 18.6 Å². The standard InChI is InChI=1S/C21H29N5O6S2/c1-10(27)17(26-19(29)16(9-34)25-18(28)13(22)8-33)20(30)24-15(21(31)32)6-11-7-23-14-5-3-2-4-12(11)14/h2-5,7,10,13,15-17,23,27,33-34H,6,8-9,22H2,1H3,(H,24,30)(H,25,28)(H,26,29)(H,31,32). The minimum Gasteiger partial charge on any atom is -0.480 e. The number of rotatable bonds is 12. The zero-order valence-corrected chi connectivity index (χ0v) is 20.2. The lowest BCUT2D eigenvalue weighted by Crippen LogP contribution is -2.60. The summed E-state index contributed by atoms with van der Waals surface area (Å²) < 4.78 is 0. The molecular weight excluding hydrogens is 482 g/mol. The van der Waals surface area contributed by atoms with Gasteiger partial charge in [-0.15, -0.1) is 0 Å². The molecule has 0 radical (unpaired) electrons. The summed E-state index contributed by atoms with van der Waals surface area (Å²) in [7, 11) is 0. The van der Waals surface area contributed by atoms with E-state index >= 15 is 0 Å². The van der Waals surface area contributed by atoms with E-state index < -0.39 is 54.0 Å². The molecular formula is C21H29N5O6S2. The third-order valence-electron chi connectivity index (χ3n) is 5.13. The van der Waals surface area contributed by atoms with Crippen LogP contribution in [-0.4, -0.2) is 80.7 Å². The number of carbonyl (C=O) groups is 4. The van der Waals surface area contributed by atoms with E-state index in [9.17, 15) is 29.4 Å². The van der Waals surface area contributed by atoms with Crippen LogP contribution < -0.4 is 21.7 Å². The minimum absolute atomic E-state index is 0.0253. The van der Waals surface area contributed by atoms with E-state index in [1.54, 1.807) is 6.20 Å². The van der Waals surface area contributed by atoms with Crippen LogP contribution in [0.5, 0.6) is 0 Å². The molecule has 0 aliphatic carbocycles. The lowest BCUT2D eigenvalue weighted by atomic mass is 10.0. The number of aliphatic hydroxyl groups excluding tert-OH is 1. The molecule has 5 unspecified atom stereocenters. The Balaban J connectivity index is 2.11. The average Bonchev–Trinajstić information content (AvgIpc) is 3.21. The molecule has 0 spiro atoms. The fraction of sp³-hybridized carbons (Fsp3) is 0.429. The first kappa shape index (κ1) is 27.5. The first-order valence-electron chi connectivity index (χ1n) is 10.4. The van der Waals surface area contributed by atoms with Crippen molar-refractivity contribution in [3.8, 4) is 0 Å². The highest BCUT2D eigenvalue weighted by molar-refractivity contribution is 7.80. The average molecular weight is 512 g/mol. The van der Waals surface area contributed by atoms with Gasteiger partial charge in [0.25, 0.3) is 0 Å². The summed E-state index contributed by atoms with van der Waals surface area (Å²) in [6, 6.07) is 2.42. The van der Waals surface area contributed by atoms with E-state index in [4.69, 9.17) is 5.73 Å². The maximum absolute atomic E-state index is 12.8. The molecule has 11 nitrogen and oxygen atoms in total. The van der Waals surface area contributed by atoms with Crippen LogP contribution in [0.25, 0.3) is 10.9 Å². The van der Waals surface area contributed by atoms with Gasteiger partial charge in [-0.25, -0.2) is 4.79 Å². The van der Waals surface area contributed by atoms with E-state index in [1.165, 1.54) is 6.92 Å². The van der Waals surface area contributed by atoms with Crippen molar-refractivity contribution < 1.29 is 29.4 Å². The van der Waals surface area contributed by atoms with Gasteiger partial charge in [0.15, 0.2) is 0 Å². The molecule has 5 atom stereocenters. The van der Waals surface area contributed by atoms with Crippen molar-refractivity contribution in [1.82, 2.24) is 20.9 Å². The van der Waals surface area contributed by atoms with Gasteiger partial charge in [0.1, 0.15) is 18.1 Å². The van der Waals surface area contributed by atoms with Crippen molar-refractivity contribution >= 4 is 59.9 Å². The number of aromatic nitrogens is 1. The largest absolute Gasteiger partial charge is 0.480 e. The number of amides is 3. The third kappa shape index (κ3) is 7.13. The van der Waals surface area contributed by atoms with Crippen molar-refractivity contribution in [1.29, 1.82) is 0 Å². The van der Waals surface area contributed by atoms with Gasteiger partial charge in [-0.1, -0.05) is 18.2 Å². The van der Waals surface area contributed by atoms with Crippen LogP contribution in [0.15, 0.2) is 30.5 Å². The number of carboxylic acid groups (broad SMARTS) is 1. The number of hydrogen-bond donors (Lipinski definition) is 9. The highest BCUT2D eigenvalue weighted by Crippen LogP contribution is 2.19. The number of carboxylic acids is 1. The van der Waals surface area contributed by atoms with E-state index in [2.05, 4.69) is 46.2 Å². The summed E-state index contributed by atoms with van der Waals surface area (Å²) in [6.45, 7) is 1.27. The zero-order valence-electron chi connectivity index (χ0n) is 18.4. The summed E-state index contributed by atoms with van der Waals surface area (Å²) in [5.41, 5.74) is 7.08. The smallest absolute Gasteiger partial charge is 0.326 e. The Labute approximate surface area is 207 Å². The van der Waals surface area contributed by atoms with Gasteiger partial charge < -0.3 is 36.9 Å². The number of hydrogen-bond acceptors (Lipinski definition) is 8. The number of para-hydroxylation sites is 1. The number of carbonyl (C=O) groups excluding carboxylic acids is 3. The van der Waals surface area contributed by atoms with Crippen LogP contribution in [-0.2, 0) is 25.6 Å². The summed E-state index contributed by atoms with van der Waals surface area (Å²) in [4.78, 5) is 52.3. The van der Waals surface area contributed by atoms with E-state index in [0.29, 0.717) is 5.56 Å². The fourth-order valence-electron chi connectivity index (χ4n) is 3.20. The Morgan fingerprint density at radius 3 is 2.24 bits per heavy atom.